The van der Waals surface area contributed by atoms with Gasteiger partial charge in [0.15, 0.2) is 0 Å². The standard InChI is InChI=1S/C13H18N2O3/c16-12-4-1-2-7-15(12)8-3-6-14-13(17)11-5-9-18-10-11/h1-2,4,7,11H,3,5-6,8-10H2,(H,14,17)/t11-/m1/s1. The van der Waals surface area contributed by atoms with Gasteiger partial charge in [-0.25, -0.2) is 0 Å². The van der Waals surface area contributed by atoms with Crippen LogP contribution in [0, 0.1) is 5.92 Å². The summed E-state index contributed by atoms with van der Waals surface area (Å²) in [4.78, 5) is 23.1. The third-order valence-electron chi connectivity index (χ3n) is 3.07. The molecule has 0 spiro atoms. The maximum Gasteiger partial charge on any atom is 0.250 e. The second kappa shape index (κ2) is 6.35. The molecule has 1 atom stereocenters. The zero-order valence-electron chi connectivity index (χ0n) is 10.3. The first-order valence-corrected chi connectivity index (χ1v) is 6.28. The van der Waals surface area contributed by atoms with Crippen LogP contribution in [0.15, 0.2) is 29.2 Å². The molecule has 98 valence electrons. The molecule has 1 aromatic rings. The van der Waals surface area contributed by atoms with Gasteiger partial charge < -0.3 is 14.6 Å². The highest BCUT2D eigenvalue weighted by Crippen LogP contribution is 2.11. The molecular formula is C13H18N2O3. The van der Waals surface area contributed by atoms with Crippen LogP contribution in [0.25, 0.3) is 0 Å². The molecule has 2 heterocycles. The molecule has 0 radical (unpaired) electrons. The average molecular weight is 250 g/mol. The van der Waals surface area contributed by atoms with Gasteiger partial charge >= 0.3 is 0 Å². The number of pyridine rings is 1. The summed E-state index contributed by atoms with van der Waals surface area (Å²) < 4.78 is 6.81. The highest BCUT2D eigenvalue weighted by molar-refractivity contribution is 5.78. The predicted molar refractivity (Wildman–Crippen MR) is 67.3 cm³/mol. The van der Waals surface area contributed by atoms with E-state index in [1.54, 1.807) is 16.8 Å². The van der Waals surface area contributed by atoms with Gasteiger partial charge in [0.1, 0.15) is 0 Å². The summed E-state index contributed by atoms with van der Waals surface area (Å²) in [5.41, 5.74) is -0.00646. The number of aromatic nitrogens is 1. The van der Waals surface area contributed by atoms with Gasteiger partial charge in [0, 0.05) is 32.0 Å². The van der Waals surface area contributed by atoms with Gasteiger partial charge in [0.25, 0.3) is 0 Å². The number of ether oxygens (including phenoxy) is 1. The lowest BCUT2D eigenvalue weighted by Crippen LogP contribution is -2.32. The number of hydrogen-bond donors (Lipinski definition) is 1. The summed E-state index contributed by atoms with van der Waals surface area (Å²) in [7, 11) is 0. The van der Waals surface area contributed by atoms with Crippen LogP contribution in [-0.4, -0.2) is 30.2 Å². The van der Waals surface area contributed by atoms with Crippen LogP contribution in [0.2, 0.25) is 0 Å². The van der Waals surface area contributed by atoms with E-state index in [0.29, 0.717) is 26.3 Å². The van der Waals surface area contributed by atoms with Crippen molar-refractivity contribution in [1.29, 1.82) is 0 Å². The molecule has 1 N–H and O–H groups in total. The smallest absolute Gasteiger partial charge is 0.250 e. The minimum atomic E-state index is -0.00646. The lowest BCUT2D eigenvalue weighted by atomic mass is 10.1. The third-order valence-corrected chi connectivity index (χ3v) is 3.07. The summed E-state index contributed by atoms with van der Waals surface area (Å²) in [6.07, 6.45) is 3.32. The summed E-state index contributed by atoms with van der Waals surface area (Å²) in [6, 6.07) is 5.09. The van der Waals surface area contributed by atoms with E-state index >= 15 is 0 Å². The SMILES string of the molecule is O=C(NCCCn1ccccc1=O)[C@@H]1CCOC1. The number of amides is 1. The Hall–Kier alpha value is -1.62. The topological polar surface area (TPSA) is 60.3 Å². The lowest BCUT2D eigenvalue weighted by Gasteiger charge is -2.09. The van der Waals surface area contributed by atoms with Crippen molar-refractivity contribution in [1.82, 2.24) is 9.88 Å². The van der Waals surface area contributed by atoms with Crippen molar-refractivity contribution in [3.63, 3.8) is 0 Å². The first kappa shape index (κ1) is 12.8. The molecule has 5 nitrogen and oxygen atoms in total. The molecule has 1 saturated heterocycles. The molecule has 0 aromatic carbocycles. The van der Waals surface area contributed by atoms with Crippen molar-refractivity contribution in [2.75, 3.05) is 19.8 Å². The molecule has 0 saturated carbocycles. The van der Waals surface area contributed by atoms with Gasteiger partial charge in [0.2, 0.25) is 11.5 Å². The number of carbonyl (C=O) groups excluding carboxylic acids is 1. The van der Waals surface area contributed by atoms with Crippen LogP contribution < -0.4 is 10.9 Å². The molecule has 0 unspecified atom stereocenters. The van der Waals surface area contributed by atoms with Crippen LogP contribution in [0.1, 0.15) is 12.8 Å². The Morgan fingerprint density at radius 2 is 2.39 bits per heavy atom. The van der Waals surface area contributed by atoms with E-state index in [-0.39, 0.29) is 17.4 Å². The van der Waals surface area contributed by atoms with E-state index in [0.717, 1.165) is 12.8 Å². The number of aryl methyl sites for hydroxylation is 1. The van der Waals surface area contributed by atoms with Crippen LogP contribution in [0.4, 0.5) is 0 Å². The predicted octanol–water partition coefficient (Wildman–Crippen LogP) is 0.391. The fourth-order valence-corrected chi connectivity index (χ4v) is 1.99. The Morgan fingerprint density at radius 1 is 1.50 bits per heavy atom. The number of nitrogens with zero attached hydrogens (tertiary/aromatic N) is 1. The Kier molecular flexibility index (Phi) is 4.52. The van der Waals surface area contributed by atoms with Crippen molar-refractivity contribution in [3.8, 4) is 0 Å². The molecule has 1 aliphatic rings. The Bertz CT molecular complexity index is 450. The zero-order valence-corrected chi connectivity index (χ0v) is 10.3. The minimum Gasteiger partial charge on any atom is -0.381 e. The Balaban J connectivity index is 1.68. The highest BCUT2D eigenvalue weighted by atomic mass is 16.5. The van der Waals surface area contributed by atoms with Gasteiger partial charge in [-0.2, -0.15) is 0 Å². The highest BCUT2D eigenvalue weighted by Gasteiger charge is 2.22. The number of hydrogen-bond acceptors (Lipinski definition) is 3. The van der Waals surface area contributed by atoms with E-state index in [9.17, 15) is 9.59 Å². The molecule has 1 amide bonds. The monoisotopic (exact) mass is 250 g/mol. The van der Waals surface area contributed by atoms with E-state index in [1.807, 2.05) is 6.07 Å². The van der Waals surface area contributed by atoms with E-state index in [4.69, 9.17) is 4.74 Å². The average Bonchev–Trinajstić information content (AvgIpc) is 2.90. The molecule has 5 heteroatoms. The lowest BCUT2D eigenvalue weighted by molar-refractivity contribution is -0.124. The summed E-state index contributed by atoms with van der Waals surface area (Å²) in [6.45, 7) is 2.43. The maximum atomic E-state index is 11.7. The third kappa shape index (κ3) is 3.43. The second-order valence-corrected chi connectivity index (χ2v) is 4.44. The largest absolute Gasteiger partial charge is 0.381 e. The van der Waals surface area contributed by atoms with Crippen molar-refractivity contribution in [2.45, 2.75) is 19.4 Å². The quantitative estimate of drug-likeness (QED) is 0.769. The van der Waals surface area contributed by atoms with Crippen LogP contribution >= 0.6 is 0 Å². The van der Waals surface area contributed by atoms with Crippen LogP contribution in [-0.2, 0) is 16.1 Å². The van der Waals surface area contributed by atoms with Crippen LogP contribution in [0.5, 0.6) is 0 Å². The van der Waals surface area contributed by atoms with Crippen LogP contribution in [0.3, 0.4) is 0 Å². The number of carbonyl (C=O) groups is 1. The molecule has 1 aromatic heterocycles. The van der Waals surface area contributed by atoms with E-state index < -0.39 is 0 Å². The molecule has 2 rings (SSSR count). The van der Waals surface area contributed by atoms with Crippen molar-refractivity contribution in [2.24, 2.45) is 5.92 Å². The van der Waals surface area contributed by atoms with Crippen molar-refractivity contribution < 1.29 is 9.53 Å². The van der Waals surface area contributed by atoms with E-state index in [1.165, 1.54) is 6.07 Å². The first-order valence-electron chi connectivity index (χ1n) is 6.28. The summed E-state index contributed by atoms with van der Waals surface area (Å²) in [5, 5.41) is 2.88. The van der Waals surface area contributed by atoms with Gasteiger partial charge in [-0.15, -0.1) is 0 Å². The normalized spacial score (nSPS) is 18.8. The van der Waals surface area contributed by atoms with Gasteiger partial charge in [-0.1, -0.05) is 6.07 Å². The maximum absolute atomic E-state index is 11.7. The molecule has 0 aliphatic carbocycles. The molecule has 0 bridgehead atoms. The van der Waals surface area contributed by atoms with Gasteiger partial charge in [-0.05, 0) is 18.9 Å². The number of rotatable bonds is 5. The zero-order chi connectivity index (χ0) is 12.8. The second-order valence-electron chi connectivity index (χ2n) is 4.44. The molecule has 18 heavy (non-hydrogen) atoms. The van der Waals surface area contributed by atoms with Gasteiger partial charge in [0.05, 0.1) is 12.5 Å². The molecule has 1 fully saturated rings. The number of nitrogens with one attached hydrogen (secondary N) is 1. The van der Waals surface area contributed by atoms with E-state index in [2.05, 4.69) is 5.32 Å². The van der Waals surface area contributed by atoms with Crippen molar-refractivity contribution in [3.05, 3.63) is 34.7 Å². The minimum absolute atomic E-state index is 0.00412. The fraction of sp³-hybridized carbons (Fsp3) is 0.538. The molecular weight excluding hydrogens is 232 g/mol. The Labute approximate surface area is 106 Å². The fourth-order valence-electron chi connectivity index (χ4n) is 1.99. The van der Waals surface area contributed by atoms with Crippen molar-refractivity contribution >= 4 is 5.91 Å². The van der Waals surface area contributed by atoms with Gasteiger partial charge in [-0.3, -0.25) is 9.59 Å². The summed E-state index contributed by atoms with van der Waals surface area (Å²) in [5.74, 6) is 0.0670. The molecule has 1 aliphatic heterocycles. The first-order chi connectivity index (χ1) is 8.77. The Morgan fingerprint density at radius 3 is 3.11 bits per heavy atom. The summed E-state index contributed by atoms with van der Waals surface area (Å²) >= 11 is 0.